The molecule has 2 rings (SSSR count). The van der Waals surface area contributed by atoms with E-state index in [1.54, 1.807) is 14.2 Å². The number of rotatable bonds is 4. The van der Waals surface area contributed by atoms with Crippen LogP contribution in [0.15, 0.2) is 18.2 Å². The highest BCUT2D eigenvalue weighted by Crippen LogP contribution is 2.35. The van der Waals surface area contributed by atoms with Crippen LogP contribution >= 0.6 is 0 Å². The Bertz CT molecular complexity index is 365. The van der Waals surface area contributed by atoms with Gasteiger partial charge in [-0.05, 0) is 29.8 Å². The lowest BCUT2D eigenvalue weighted by atomic mass is 10.1. The second-order valence-electron chi connectivity index (χ2n) is 4.08. The van der Waals surface area contributed by atoms with E-state index >= 15 is 0 Å². The van der Waals surface area contributed by atoms with Crippen molar-refractivity contribution in [3.05, 3.63) is 29.3 Å². The van der Waals surface area contributed by atoms with Crippen molar-refractivity contribution in [3.63, 3.8) is 0 Å². The van der Waals surface area contributed by atoms with Gasteiger partial charge >= 0.3 is 0 Å². The van der Waals surface area contributed by atoms with Gasteiger partial charge in [0.15, 0.2) is 0 Å². The molecule has 1 N–H and O–H groups in total. The highest BCUT2D eigenvalue weighted by atomic mass is 16.5. The minimum absolute atomic E-state index is 0.238. The van der Waals surface area contributed by atoms with Crippen molar-refractivity contribution in [2.24, 2.45) is 0 Å². The van der Waals surface area contributed by atoms with E-state index in [9.17, 15) is 0 Å². The molecule has 1 aliphatic carbocycles. The Hall–Kier alpha value is -1.06. The number of nitrogens with one attached hydrogen (secondary N) is 1. The molecule has 16 heavy (non-hydrogen) atoms. The lowest BCUT2D eigenvalue weighted by Crippen LogP contribution is -2.29. The molecule has 1 aromatic carbocycles. The standard InChI is InChI=1S/C13H19NO2/c1-4-14-13-11-8-10(15-2)6-5-9(11)7-12(13)16-3/h5-6,8,12-14H,4,7H2,1-3H3. The average Bonchev–Trinajstić information content (AvgIpc) is 2.67. The van der Waals surface area contributed by atoms with Gasteiger partial charge in [0.1, 0.15) is 5.75 Å². The second-order valence-corrected chi connectivity index (χ2v) is 4.08. The number of ether oxygens (including phenoxy) is 2. The Morgan fingerprint density at radius 1 is 1.38 bits per heavy atom. The first-order chi connectivity index (χ1) is 7.80. The molecule has 1 aromatic rings. The quantitative estimate of drug-likeness (QED) is 0.842. The van der Waals surface area contributed by atoms with E-state index in [1.165, 1.54) is 11.1 Å². The zero-order valence-electron chi connectivity index (χ0n) is 10.1. The Morgan fingerprint density at radius 2 is 2.19 bits per heavy atom. The normalized spacial score (nSPS) is 23.2. The van der Waals surface area contributed by atoms with E-state index in [2.05, 4.69) is 24.4 Å². The molecule has 88 valence electrons. The molecule has 0 saturated heterocycles. The number of benzene rings is 1. The summed E-state index contributed by atoms with van der Waals surface area (Å²) < 4.78 is 10.8. The third-order valence-corrected chi connectivity index (χ3v) is 3.21. The van der Waals surface area contributed by atoms with Crippen LogP contribution in [0.1, 0.15) is 24.1 Å². The smallest absolute Gasteiger partial charge is 0.119 e. The van der Waals surface area contributed by atoms with Crippen molar-refractivity contribution in [1.82, 2.24) is 5.32 Å². The predicted molar refractivity (Wildman–Crippen MR) is 63.9 cm³/mol. The van der Waals surface area contributed by atoms with Crippen LogP contribution < -0.4 is 10.1 Å². The number of likely N-dealkylation sites (N-methyl/N-ethyl adjacent to an activating group) is 1. The number of hydrogen-bond acceptors (Lipinski definition) is 3. The van der Waals surface area contributed by atoms with Gasteiger partial charge in [-0.1, -0.05) is 13.0 Å². The molecule has 0 aliphatic heterocycles. The molecule has 3 heteroatoms. The van der Waals surface area contributed by atoms with Gasteiger partial charge in [-0.2, -0.15) is 0 Å². The van der Waals surface area contributed by atoms with Crippen LogP contribution in [0.5, 0.6) is 5.75 Å². The van der Waals surface area contributed by atoms with Gasteiger partial charge in [0.2, 0.25) is 0 Å². The van der Waals surface area contributed by atoms with Crippen molar-refractivity contribution in [1.29, 1.82) is 0 Å². The fourth-order valence-corrected chi connectivity index (χ4v) is 2.39. The third-order valence-electron chi connectivity index (χ3n) is 3.21. The highest BCUT2D eigenvalue weighted by Gasteiger charge is 2.32. The molecule has 0 aromatic heterocycles. The maximum atomic E-state index is 5.53. The van der Waals surface area contributed by atoms with Crippen molar-refractivity contribution in [3.8, 4) is 5.75 Å². The number of fused-ring (bicyclic) bond motifs is 1. The molecule has 0 heterocycles. The van der Waals surface area contributed by atoms with E-state index in [1.807, 2.05) is 6.07 Å². The lowest BCUT2D eigenvalue weighted by molar-refractivity contribution is 0.0795. The van der Waals surface area contributed by atoms with Crippen LogP contribution in [0.25, 0.3) is 0 Å². The van der Waals surface area contributed by atoms with Gasteiger partial charge < -0.3 is 14.8 Å². The van der Waals surface area contributed by atoms with Gasteiger partial charge in [-0.25, -0.2) is 0 Å². The van der Waals surface area contributed by atoms with Crippen LogP contribution in [0.4, 0.5) is 0 Å². The fourth-order valence-electron chi connectivity index (χ4n) is 2.39. The minimum Gasteiger partial charge on any atom is -0.497 e. The first-order valence-electron chi connectivity index (χ1n) is 5.73. The molecule has 0 fully saturated rings. The minimum atomic E-state index is 0.238. The molecule has 2 atom stereocenters. The van der Waals surface area contributed by atoms with Gasteiger partial charge in [-0.15, -0.1) is 0 Å². The lowest BCUT2D eigenvalue weighted by Gasteiger charge is -2.20. The molecule has 0 bridgehead atoms. The van der Waals surface area contributed by atoms with Crippen LogP contribution in [-0.4, -0.2) is 26.9 Å². The van der Waals surface area contributed by atoms with Gasteiger partial charge in [0.25, 0.3) is 0 Å². The Kier molecular flexibility index (Phi) is 3.46. The molecule has 0 radical (unpaired) electrons. The van der Waals surface area contributed by atoms with Crippen molar-refractivity contribution in [2.75, 3.05) is 20.8 Å². The first kappa shape index (κ1) is 11.4. The Balaban J connectivity index is 2.31. The summed E-state index contributed by atoms with van der Waals surface area (Å²) in [5.74, 6) is 0.915. The third kappa shape index (κ3) is 1.93. The predicted octanol–water partition coefficient (Wildman–Crippen LogP) is 1.92. The summed E-state index contributed by atoms with van der Waals surface area (Å²) in [6.07, 6.45) is 1.22. The summed E-state index contributed by atoms with van der Waals surface area (Å²) in [7, 11) is 3.48. The second kappa shape index (κ2) is 4.85. The largest absolute Gasteiger partial charge is 0.497 e. The summed E-state index contributed by atoms with van der Waals surface area (Å²) in [4.78, 5) is 0. The van der Waals surface area contributed by atoms with Crippen LogP contribution in [0, 0.1) is 0 Å². The fraction of sp³-hybridized carbons (Fsp3) is 0.538. The zero-order valence-corrected chi connectivity index (χ0v) is 10.1. The average molecular weight is 221 g/mol. The topological polar surface area (TPSA) is 30.5 Å². The molecule has 0 saturated carbocycles. The monoisotopic (exact) mass is 221 g/mol. The van der Waals surface area contributed by atoms with Crippen LogP contribution in [0.2, 0.25) is 0 Å². The summed E-state index contributed by atoms with van der Waals surface area (Å²) in [6, 6.07) is 6.55. The molecular weight excluding hydrogens is 202 g/mol. The van der Waals surface area contributed by atoms with E-state index < -0.39 is 0 Å². The summed E-state index contributed by atoms with van der Waals surface area (Å²) >= 11 is 0. The van der Waals surface area contributed by atoms with Gasteiger partial charge in [0, 0.05) is 13.5 Å². The van der Waals surface area contributed by atoms with E-state index in [0.29, 0.717) is 6.04 Å². The maximum Gasteiger partial charge on any atom is 0.119 e. The van der Waals surface area contributed by atoms with Crippen molar-refractivity contribution < 1.29 is 9.47 Å². The number of hydrogen-bond donors (Lipinski definition) is 1. The van der Waals surface area contributed by atoms with E-state index in [4.69, 9.17) is 9.47 Å². The van der Waals surface area contributed by atoms with E-state index in [0.717, 1.165) is 18.7 Å². The Labute approximate surface area is 96.8 Å². The van der Waals surface area contributed by atoms with Crippen LogP contribution in [-0.2, 0) is 11.2 Å². The summed E-state index contributed by atoms with van der Waals surface area (Å²) in [5.41, 5.74) is 2.67. The van der Waals surface area contributed by atoms with Crippen molar-refractivity contribution >= 4 is 0 Å². The highest BCUT2D eigenvalue weighted by molar-refractivity contribution is 5.42. The van der Waals surface area contributed by atoms with Crippen LogP contribution in [0.3, 0.4) is 0 Å². The van der Waals surface area contributed by atoms with E-state index in [-0.39, 0.29) is 6.10 Å². The molecule has 0 amide bonds. The summed E-state index contributed by atoms with van der Waals surface area (Å²) in [5, 5.41) is 3.47. The molecule has 0 spiro atoms. The number of methoxy groups -OCH3 is 2. The zero-order chi connectivity index (χ0) is 11.5. The maximum absolute atomic E-state index is 5.53. The Morgan fingerprint density at radius 3 is 2.81 bits per heavy atom. The SMILES string of the molecule is CCNC1c2cc(OC)ccc2CC1OC. The van der Waals surface area contributed by atoms with Gasteiger partial charge in [0.05, 0.1) is 19.3 Å². The molecular formula is C13H19NO2. The van der Waals surface area contributed by atoms with Gasteiger partial charge in [-0.3, -0.25) is 0 Å². The first-order valence-corrected chi connectivity index (χ1v) is 5.73. The van der Waals surface area contributed by atoms with Crippen molar-refractivity contribution in [2.45, 2.75) is 25.5 Å². The molecule has 3 nitrogen and oxygen atoms in total. The molecule has 1 aliphatic rings. The molecule has 2 unspecified atom stereocenters. The summed E-state index contributed by atoms with van der Waals surface area (Å²) in [6.45, 7) is 3.06.